The van der Waals surface area contributed by atoms with Gasteiger partial charge in [-0.1, -0.05) is 6.92 Å². The number of piperidine rings is 1. The van der Waals surface area contributed by atoms with Gasteiger partial charge in [0.15, 0.2) is 0 Å². The van der Waals surface area contributed by atoms with Crippen LogP contribution in [0.5, 0.6) is 0 Å². The van der Waals surface area contributed by atoms with Gasteiger partial charge < -0.3 is 15.7 Å². The van der Waals surface area contributed by atoms with E-state index in [4.69, 9.17) is 5.73 Å². The van der Waals surface area contributed by atoms with Crippen molar-refractivity contribution in [2.24, 2.45) is 11.7 Å². The molecule has 1 aliphatic carbocycles. The fourth-order valence-electron chi connectivity index (χ4n) is 2.85. The first-order valence-corrected chi connectivity index (χ1v) is 6.28. The smallest absolute Gasteiger partial charge is 0.326 e. The molecule has 0 spiro atoms. The number of carbonyl (C=O) groups is 2. The third-order valence-electron chi connectivity index (χ3n) is 4.12. The van der Waals surface area contributed by atoms with E-state index in [1.807, 2.05) is 6.92 Å². The zero-order valence-electron chi connectivity index (χ0n) is 10.2. The minimum atomic E-state index is -0.909. The number of carbonyl (C=O) groups excluding carboxylic acids is 1. The van der Waals surface area contributed by atoms with Crippen LogP contribution in [0.25, 0.3) is 0 Å². The number of likely N-dealkylation sites (tertiary alicyclic amines) is 1. The first-order valence-electron chi connectivity index (χ1n) is 6.28. The van der Waals surface area contributed by atoms with Crippen LogP contribution in [0.1, 0.15) is 39.0 Å². The zero-order chi connectivity index (χ0) is 12.6. The first kappa shape index (κ1) is 12.4. The summed E-state index contributed by atoms with van der Waals surface area (Å²) in [6.45, 7) is 2.42. The van der Waals surface area contributed by atoms with Crippen molar-refractivity contribution in [3.8, 4) is 0 Å². The van der Waals surface area contributed by atoms with E-state index in [1.54, 1.807) is 0 Å². The summed E-state index contributed by atoms with van der Waals surface area (Å²) < 4.78 is 0. The monoisotopic (exact) mass is 240 g/mol. The lowest BCUT2D eigenvalue weighted by atomic mass is 9.75. The second kappa shape index (κ2) is 4.29. The molecule has 1 amide bonds. The predicted molar refractivity (Wildman–Crippen MR) is 62.3 cm³/mol. The molecule has 5 heteroatoms. The van der Waals surface area contributed by atoms with Gasteiger partial charge >= 0.3 is 5.97 Å². The van der Waals surface area contributed by atoms with Crippen LogP contribution in [0.4, 0.5) is 0 Å². The molecular weight excluding hydrogens is 220 g/mol. The second-order valence-corrected chi connectivity index (χ2v) is 5.41. The Kier molecular flexibility index (Phi) is 3.12. The topological polar surface area (TPSA) is 83.6 Å². The van der Waals surface area contributed by atoms with Gasteiger partial charge in [-0.25, -0.2) is 4.79 Å². The van der Waals surface area contributed by atoms with Gasteiger partial charge in [0.1, 0.15) is 6.04 Å². The highest BCUT2D eigenvalue weighted by molar-refractivity contribution is 5.91. The molecule has 3 N–H and O–H groups in total. The van der Waals surface area contributed by atoms with E-state index in [0.29, 0.717) is 19.4 Å². The van der Waals surface area contributed by atoms with Crippen LogP contribution in [0, 0.1) is 5.92 Å². The summed E-state index contributed by atoms with van der Waals surface area (Å²) in [6.07, 6.45) is 4.06. The van der Waals surface area contributed by atoms with Crippen molar-refractivity contribution < 1.29 is 14.7 Å². The quantitative estimate of drug-likeness (QED) is 0.739. The Morgan fingerprint density at radius 2 is 2.00 bits per heavy atom. The van der Waals surface area contributed by atoms with Gasteiger partial charge in [-0.15, -0.1) is 0 Å². The Labute approximate surface area is 101 Å². The lowest BCUT2D eigenvalue weighted by molar-refractivity contribution is -0.158. The number of aliphatic carboxylic acids is 1. The molecule has 1 saturated heterocycles. The SMILES string of the molecule is CC1CCCN(C(=O)C2(N)CCC2)C1C(=O)O. The number of amides is 1. The predicted octanol–water partition coefficient (Wildman–Crippen LogP) is 0.579. The highest BCUT2D eigenvalue weighted by atomic mass is 16.4. The van der Waals surface area contributed by atoms with E-state index in [9.17, 15) is 14.7 Å². The molecule has 2 rings (SSSR count). The normalized spacial score (nSPS) is 31.8. The van der Waals surface area contributed by atoms with E-state index >= 15 is 0 Å². The second-order valence-electron chi connectivity index (χ2n) is 5.41. The highest BCUT2D eigenvalue weighted by Crippen LogP contribution is 2.34. The minimum absolute atomic E-state index is 0.00822. The molecule has 0 aromatic carbocycles. The molecule has 0 aromatic rings. The van der Waals surface area contributed by atoms with Gasteiger partial charge in [0.05, 0.1) is 5.54 Å². The maximum Gasteiger partial charge on any atom is 0.326 e. The van der Waals surface area contributed by atoms with Crippen LogP contribution in [0.3, 0.4) is 0 Å². The van der Waals surface area contributed by atoms with Crippen LogP contribution in [0.2, 0.25) is 0 Å². The molecule has 2 aliphatic rings. The Bertz CT molecular complexity index is 339. The van der Waals surface area contributed by atoms with E-state index in [0.717, 1.165) is 19.3 Å². The highest BCUT2D eigenvalue weighted by Gasteiger charge is 2.47. The fourth-order valence-corrected chi connectivity index (χ4v) is 2.85. The molecule has 2 fully saturated rings. The Hall–Kier alpha value is -1.10. The van der Waals surface area contributed by atoms with Gasteiger partial charge in [0.25, 0.3) is 0 Å². The summed E-state index contributed by atoms with van der Waals surface area (Å²) in [5.74, 6) is -1.06. The summed E-state index contributed by atoms with van der Waals surface area (Å²) in [6, 6.07) is -0.697. The number of hydrogen-bond acceptors (Lipinski definition) is 3. The number of rotatable bonds is 2. The maximum atomic E-state index is 12.3. The molecule has 2 unspecified atom stereocenters. The van der Waals surface area contributed by atoms with Crippen molar-refractivity contribution in [1.29, 1.82) is 0 Å². The molecule has 0 radical (unpaired) electrons. The standard InChI is InChI=1S/C12H20N2O3/c1-8-4-2-7-14(9(8)10(15)16)11(17)12(13)5-3-6-12/h8-9H,2-7,13H2,1H3,(H,15,16). The first-order chi connectivity index (χ1) is 7.96. The number of carboxylic acids is 1. The van der Waals surface area contributed by atoms with E-state index in [2.05, 4.69) is 0 Å². The molecule has 1 heterocycles. The molecule has 17 heavy (non-hydrogen) atoms. The van der Waals surface area contributed by atoms with Gasteiger partial charge in [-0.2, -0.15) is 0 Å². The van der Waals surface area contributed by atoms with Gasteiger partial charge in [0, 0.05) is 6.54 Å². The fraction of sp³-hybridized carbons (Fsp3) is 0.833. The summed E-state index contributed by atoms with van der Waals surface area (Å²) in [5, 5.41) is 9.25. The summed E-state index contributed by atoms with van der Waals surface area (Å²) in [4.78, 5) is 25.1. The largest absolute Gasteiger partial charge is 0.480 e. The lowest BCUT2D eigenvalue weighted by Crippen LogP contribution is -2.64. The molecular formula is C12H20N2O3. The molecule has 0 bridgehead atoms. The number of nitrogens with zero attached hydrogens (tertiary/aromatic N) is 1. The number of hydrogen-bond donors (Lipinski definition) is 2. The summed E-state index contributed by atoms with van der Waals surface area (Å²) in [5.41, 5.74) is 5.21. The molecule has 2 atom stereocenters. The third-order valence-corrected chi connectivity index (χ3v) is 4.12. The number of nitrogens with two attached hydrogens (primary N) is 1. The van der Waals surface area contributed by atoms with Gasteiger partial charge in [-0.05, 0) is 38.0 Å². The summed E-state index contributed by atoms with van der Waals surface area (Å²) >= 11 is 0. The van der Waals surface area contributed by atoms with Crippen LogP contribution in [-0.2, 0) is 9.59 Å². The molecule has 1 saturated carbocycles. The molecule has 0 aromatic heterocycles. The number of carboxylic acid groups (broad SMARTS) is 1. The van der Waals surface area contributed by atoms with Crippen molar-refractivity contribution in [3.63, 3.8) is 0 Å². The summed E-state index contributed by atoms with van der Waals surface area (Å²) in [7, 11) is 0. The van der Waals surface area contributed by atoms with Crippen LogP contribution < -0.4 is 5.73 Å². The van der Waals surface area contributed by atoms with Gasteiger partial charge in [-0.3, -0.25) is 4.79 Å². The van der Waals surface area contributed by atoms with Crippen LogP contribution >= 0.6 is 0 Å². The average Bonchev–Trinajstić information content (AvgIpc) is 2.24. The molecule has 1 aliphatic heterocycles. The molecule has 96 valence electrons. The van der Waals surface area contributed by atoms with Crippen molar-refractivity contribution in [1.82, 2.24) is 4.90 Å². The van der Waals surface area contributed by atoms with E-state index < -0.39 is 17.6 Å². The minimum Gasteiger partial charge on any atom is -0.480 e. The maximum absolute atomic E-state index is 12.3. The van der Waals surface area contributed by atoms with Crippen molar-refractivity contribution in [2.45, 2.75) is 50.6 Å². The average molecular weight is 240 g/mol. The van der Waals surface area contributed by atoms with Gasteiger partial charge in [0.2, 0.25) is 5.91 Å². The molecule has 5 nitrogen and oxygen atoms in total. The van der Waals surface area contributed by atoms with Crippen molar-refractivity contribution in [3.05, 3.63) is 0 Å². The van der Waals surface area contributed by atoms with E-state index in [-0.39, 0.29) is 11.8 Å². The Morgan fingerprint density at radius 3 is 2.47 bits per heavy atom. The Morgan fingerprint density at radius 1 is 1.35 bits per heavy atom. The lowest BCUT2D eigenvalue weighted by Gasteiger charge is -2.45. The zero-order valence-corrected chi connectivity index (χ0v) is 10.2. The van der Waals surface area contributed by atoms with Crippen LogP contribution in [0.15, 0.2) is 0 Å². The van der Waals surface area contributed by atoms with Crippen molar-refractivity contribution >= 4 is 11.9 Å². The Balaban J connectivity index is 2.17. The van der Waals surface area contributed by atoms with Crippen molar-refractivity contribution in [2.75, 3.05) is 6.54 Å². The third kappa shape index (κ3) is 2.04. The van der Waals surface area contributed by atoms with Crippen LogP contribution in [-0.4, -0.2) is 40.0 Å². The van der Waals surface area contributed by atoms with E-state index in [1.165, 1.54) is 4.90 Å².